The number of nitrogens with one attached hydrogen (secondary N) is 1. The predicted octanol–water partition coefficient (Wildman–Crippen LogP) is 1.86. The Kier molecular flexibility index (Phi) is 5.44. The first-order valence-corrected chi connectivity index (χ1v) is 10.0. The molecule has 5 heteroatoms. The summed E-state index contributed by atoms with van der Waals surface area (Å²) in [4.78, 5) is 28.2. The third-order valence-corrected chi connectivity index (χ3v) is 6.07. The lowest BCUT2D eigenvalue weighted by molar-refractivity contribution is -0.920. The number of likely N-dealkylation sites (tertiary alicyclic amines) is 1. The van der Waals surface area contributed by atoms with Crippen molar-refractivity contribution in [2.75, 3.05) is 25.1 Å². The van der Waals surface area contributed by atoms with Crippen LogP contribution < -0.4 is 14.5 Å². The smallest absolute Gasteiger partial charge is 0.292 e. The molecule has 2 saturated heterocycles. The quantitative estimate of drug-likeness (QED) is 0.807. The van der Waals surface area contributed by atoms with Crippen molar-refractivity contribution in [3.8, 4) is 5.75 Å². The summed E-state index contributed by atoms with van der Waals surface area (Å²) in [6.45, 7) is 1.90. The monoisotopic (exact) mass is 379 g/mol. The maximum atomic E-state index is 13.0. The van der Waals surface area contributed by atoms with E-state index >= 15 is 0 Å². The van der Waals surface area contributed by atoms with E-state index in [9.17, 15) is 9.59 Å². The van der Waals surface area contributed by atoms with Gasteiger partial charge in [-0.15, -0.1) is 0 Å². The van der Waals surface area contributed by atoms with Crippen molar-refractivity contribution in [1.29, 1.82) is 0 Å². The van der Waals surface area contributed by atoms with Gasteiger partial charge in [0.15, 0.2) is 6.04 Å². The first kappa shape index (κ1) is 18.7. The lowest BCUT2D eigenvalue weighted by Gasteiger charge is -2.32. The SMILES string of the molecule is COc1cccc(N2C(=O)CC([NH+]3CCC(Cc4ccccc4)CC3)C2=O)c1. The Morgan fingerprint density at radius 2 is 1.79 bits per heavy atom. The van der Waals surface area contributed by atoms with Crippen molar-refractivity contribution in [3.05, 3.63) is 60.2 Å². The van der Waals surface area contributed by atoms with Gasteiger partial charge in [0, 0.05) is 6.07 Å². The Bertz CT molecular complexity index is 844. The fraction of sp³-hybridized carbons (Fsp3) is 0.391. The maximum absolute atomic E-state index is 13.0. The lowest BCUT2D eigenvalue weighted by atomic mass is 9.89. The van der Waals surface area contributed by atoms with E-state index in [1.807, 2.05) is 18.2 Å². The van der Waals surface area contributed by atoms with Crippen LogP contribution in [-0.2, 0) is 16.0 Å². The van der Waals surface area contributed by atoms with E-state index < -0.39 is 0 Å². The van der Waals surface area contributed by atoms with Gasteiger partial charge in [0.25, 0.3) is 5.91 Å². The number of nitrogens with zero attached hydrogens (tertiary/aromatic N) is 1. The number of piperidine rings is 1. The first-order valence-electron chi connectivity index (χ1n) is 10.0. The van der Waals surface area contributed by atoms with Gasteiger partial charge in [-0.1, -0.05) is 36.4 Å². The molecule has 146 valence electrons. The second-order valence-corrected chi connectivity index (χ2v) is 7.82. The number of amides is 2. The number of benzene rings is 2. The van der Waals surface area contributed by atoms with Crippen LogP contribution in [0.4, 0.5) is 5.69 Å². The minimum absolute atomic E-state index is 0.0743. The van der Waals surface area contributed by atoms with Crippen LogP contribution in [0.25, 0.3) is 0 Å². The largest absolute Gasteiger partial charge is 0.497 e. The van der Waals surface area contributed by atoms with Gasteiger partial charge in [-0.2, -0.15) is 0 Å². The Balaban J connectivity index is 1.39. The molecule has 4 rings (SSSR count). The summed E-state index contributed by atoms with van der Waals surface area (Å²) in [7, 11) is 1.58. The van der Waals surface area contributed by atoms with Crippen LogP contribution in [0.15, 0.2) is 54.6 Å². The third-order valence-electron chi connectivity index (χ3n) is 6.07. The zero-order valence-corrected chi connectivity index (χ0v) is 16.3. The number of carbonyl (C=O) groups excluding carboxylic acids is 2. The Hall–Kier alpha value is -2.66. The molecular formula is C23H27N2O3+. The molecule has 2 aliphatic heterocycles. The second kappa shape index (κ2) is 8.15. The van der Waals surface area contributed by atoms with E-state index in [-0.39, 0.29) is 17.9 Å². The number of quaternary nitrogens is 1. The van der Waals surface area contributed by atoms with Crippen molar-refractivity contribution in [3.63, 3.8) is 0 Å². The number of rotatable bonds is 5. The van der Waals surface area contributed by atoms with Crippen molar-refractivity contribution in [2.45, 2.75) is 31.7 Å². The van der Waals surface area contributed by atoms with Gasteiger partial charge >= 0.3 is 0 Å². The minimum Gasteiger partial charge on any atom is -0.497 e. The van der Waals surface area contributed by atoms with Gasteiger partial charge in [0.1, 0.15) is 5.75 Å². The number of ether oxygens (including phenoxy) is 1. The fourth-order valence-corrected chi connectivity index (χ4v) is 4.52. The maximum Gasteiger partial charge on any atom is 0.292 e. The fourth-order valence-electron chi connectivity index (χ4n) is 4.52. The molecule has 2 amide bonds. The third kappa shape index (κ3) is 3.80. The molecule has 0 bridgehead atoms. The summed E-state index contributed by atoms with van der Waals surface area (Å²) in [5.74, 6) is 1.13. The van der Waals surface area contributed by atoms with Gasteiger partial charge < -0.3 is 9.64 Å². The van der Waals surface area contributed by atoms with Crippen LogP contribution in [0.1, 0.15) is 24.8 Å². The lowest BCUT2D eigenvalue weighted by Crippen LogP contribution is -3.17. The minimum atomic E-state index is -0.253. The van der Waals surface area contributed by atoms with E-state index in [2.05, 4.69) is 24.3 Å². The summed E-state index contributed by atoms with van der Waals surface area (Å²) in [6, 6.07) is 17.5. The molecule has 0 aliphatic carbocycles. The van der Waals surface area contributed by atoms with Crippen LogP contribution in [0.2, 0.25) is 0 Å². The zero-order valence-electron chi connectivity index (χ0n) is 16.3. The molecule has 0 saturated carbocycles. The van der Waals surface area contributed by atoms with Crippen LogP contribution in [-0.4, -0.2) is 38.1 Å². The van der Waals surface area contributed by atoms with Gasteiger partial charge in [-0.3, -0.25) is 9.59 Å². The number of anilines is 1. The summed E-state index contributed by atoms with van der Waals surface area (Å²) < 4.78 is 5.23. The zero-order chi connectivity index (χ0) is 19.5. The van der Waals surface area contributed by atoms with Gasteiger partial charge in [0.05, 0.1) is 32.3 Å². The number of imide groups is 1. The summed E-state index contributed by atoms with van der Waals surface area (Å²) >= 11 is 0. The summed E-state index contributed by atoms with van der Waals surface area (Å²) in [6.07, 6.45) is 3.60. The highest BCUT2D eigenvalue weighted by molar-refractivity contribution is 6.21. The van der Waals surface area contributed by atoms with E-state index in [1.165, 1.54) is 15.4 Å². The van der Waals surface area contributed by atoms with E-state index in [1.54, 1.807) is 19.2 Å². The molecule has 2 aromatic carbocycles. The molecule has 28 heavy (non-hydrogen) atoms. The first-order chi connectivity index (χ1) is 13.7. The molecule has 2 fully saturated rings. The van der Waals surface area contributed by atoms with Gasteiger partial charge in [-0.25, -0.2) is 4.90 Å². The normalized spacial score (nSPS) is 25.2. The van der Waals surface area contributed by atoms with E-state index in [4.69, 9.17) is 4.74 Å². The molecule has 0 radical (unpaired) electrons. The van der Waals surface area contributed by atoms with Crippen molar-refractivity contribution < 1.29 is 19.2 Å². The molecule has 0 aromatic heterocycles. The molecule has 5 nitrogen and oxygen atoms in total. The molecule has 1 atom stereocenters. The van der Waals surface area contributed by atoms with E-state index in [0.29, 0.717) is 23.8 Å². The average Bonchev–Trinajstić information content (AvgIpc) is 3.03. The Labute approximate surface area is 165 Å². The van der Waals surface area contributed by atoms with E-state index in [0.717, 1.165) is 32.4 Å². The molecule has 1 N–H and O–H groups in total. The molecule has 0 spiro atoms. The Morgan fingerprint density at radius 3 is 2.50 bits per heavy atom. The number of hydrogen-bond donors (Lipinski definition) is 1. The molecular weight excluding hydrogens is 352 g/mol. The highest BCUT2D eigenvalue weighted by Crippen LogP contribution is 2.26. The topological polar surface area (TPSA) is 51.0 Å². The number of hydrogen-bond acceptors (Lipinski definition) is 3. The molecule has 2 aliphatic rings. The van der Waals surface area contributed by atoms with Crippen LogP contribution >= 0.6 is 0 Å². The highest BCUT2D eigenvalue weighted by atomic mass is 16.5. The summed E-state index contributed by atoms with van der Waals surface area (Å²) in [5.41, 5.74) is 1.99. The van der Waals surface area contributed by atoms with Crippen molar-refractivity contribution in [2.24, 2.45) is 5.92 Å². The number of carbonyl (C=O) groups is 2. The molecule has 2 heterocycles. The van der Waals surface area contributed by atoms with Crippen molar-refractivity contribution in [1.82, 2.24) is 0 Å². The molecule has 2 aromatic rings. The van der Waals surface area contributed by atoms with Gasteiger partial charge in [-0.05, 0) is 42.9 Å². The van der Waals surface area contributed by atoms with Crippen LogP contribution in [0, 0.1) is 5.92 Å². The average molecular weight is 379 g/mol. The molecule has 1 unspecified atom stereocenters. The highest BCUT2D eigenvalue weighted by Gasteiger charge is 2.46. The summed E-state index contributed by atoms with van der Waals surface area (Å²) in [5, 5.41) is 0. The second-order valence-electron chi connectivity index (χ2n) is 7.82. The van der Waals surface area contributed by atoms with Crippen LogP contribution in [0.3, 0.4) is 0 Å². The number of methoxy groups -OCH3 is 1. The van der Waals surface area contributed by atoms with Crippen LogP contribution in [0.5, 0.6) is 5.75 Å². The predicted molar refractivity (Wildman–Crippen MR) is 107 cm³/mol. The van der Waals surface area contributed by atoms with Crippen molar-refractivity contribution >= 4 is 17.5 Å². The van der Waals surface area contributed by atoms with Gasteiger partial charge in [0.2, 0.25) is 5.91 Å². The standard InChI is InChI=1S/C23H26N2O3/c1-28-20-9-5-8-19(15-20)25-22(26)16-21(23(25)27)24-12-10-18(11-13-24)14-17-6-3-2-4-7-17/h2-9,15,18,21H,10-14,16H2,1H3/p+1. The Morgan fingerprint density at radius 1 is 1.04 bits per heavy atom.